The van der Waals surface area contributed by atoms with E-state index in [0.29, 0.717) is 6.10 Å². The van der Waals surface area contributed by atoms with Crippen LogP contribution in [0.4, 0.5) is 0 Å². The summed E-state index contributed by atoms with van der Waals surface area (Å²) in [6.45, 7) is 3.77. The Kier molecular flexibility index (Phi) is 8.46. The van der Waals surface area contributed by atoms with E-state index < -0.39 is 0 Å². The third-order valence-corrected chi connectivity index (χ3v) is 6.01. The third-order valence-electron chi connectivity index (χ3n) is 6.01. The highest BCUT2D eigenvalue weighted by atomic mass is 16.5. The molecule has 0 atom stereocenters. The van der Waals surface area contributed by atoms with Crippen molar-refractivity contribution in [1.29, 1.82) is 0 Å². The van der Waals surface area contributed by atoms with Crippen LogP contribution < -0.4 is 10.1 Å². The highest BCUT2D eigenvalue weighted by Gasteiger charge is 2.17. The van der Waals surface area contributed by atoms with Gasteiger partial charge in [0.15, 0.2) is 5.96 Å². The summed E-state index contributed by atoms with van der Waals surface area (Å²) in [4.78, 5) is 6.69. The molecule has 1 aromatic carbocycles. The Morgan fingerprint density at radius 3 is 2.54 bits per heavy atom. The van der Waals surface area contributed by atoms with Crippen LogP contribution in [-0.2, 0) is 11.2 Å². The van der Waals surface area contributed by atoms with Crippen LogP contribution in [0, 0.1) is 5.92 Å². The quantitative estimate of drug-likeness (QED) is 0.543. The van der Waals surface area contributed by atoms with E-state index in [1.165, 1.54) is 50.5 Å². The Morgan fingerprint density at radius 2 is 1.86 bits per heavy atom. The van der Waals surface area contributed by atoms with E-state index in [9.17, 15) is 0 Å². The number of hydrogen-bond acceptors (Lipinski definition) is 3. The van der Waals surface area contributed by atoms with E-state index in [2.05, 4.69) is 46.5 Å². The molecule has 0 radical (unpaired) electrons. The van der Waals surface area contributed by atoms with Crippen molar-refractivity contribution >= 4 is 5.96 Å². The maximum absolute atomic E-state index is 6.05. The zero-order valence-corrected chi connectivity index (χ0v) is 17.7. The molecule has 156 valence electrons. The molecule has 28 heavy (non-hydrogen) atoms. The van der Waals surface area contributed by atoms with Crippen molar-refractivity contribution in [2.24, 2.45) is 10.9 Å². The predicted molar refractivity (Wildman–Crippen MR) is 115 cm³/mol. The largest absolute Gasteiger partial charge is 0.490 e. The Bertz CT molecular complexity index is 590. The van der Waals surface area contributed by atoms with Crippen molar-refractivity contribution in [3.8, 4) is 5.75 Å². The molecule has 5 heteroatoms. The Labute approximate surface area is 170 Å². The van der Waals surface area contributed by atoms with Gasteiger partial charge in [-0.05, 0) is 75.0 Å². The van der Waals surface area contributed by atoms with Gasteiger partial charge in [-0.3, -0.25) is 4.99 Å². The lowest BCUT2D eigenvalue weighted by molar-refractivity contribution is 0.0625. The van der Waals surface area contributed by atoms with Crippen molar-refractivity contribution in [3.63, 3.8) is 0 Å². The molecule has 2 aliphatic rings. The zero-order valence-electron chi connectivity index (χ0n) is 17.7. The molecule has 1 aliphatic carbocycles. The van der Waals surface area contributed by atoms with E-state index >= 15 is 0 Å². The van der Waals surface area contributed by atoms with E-state index in [1.807, 2.05) is 7.05 Å². The molecular weight excluding hydrogens is 350 g/mol. The maximum Gasteiger partial charge on any atom is 0.193 e. The highest BCUT2D eigenvalue weighted by Crippen LogP contribution is 2.24. The molecule has 1 aliphatic heterocycles. The Morgan fingerprint density at radius 1 is 1.14 bits per heavy atom. The molecule has 2 fully saturated rings. The topological polar surface area (TPSA) is 46.1 Å². The van der Waals surface area contributed by atoms with E-state index in [4.69, 9.17) is 9.47 Å². The van der Waals surface area contributed by atoms with Crippen molar-refractivity contribution in [3.05, 3.63) is 29.8 Å². The van der Waals surface area contributed by atoms with Crippen LogP contribution >= 0.6 is 0 Å². The molecule has 1 saturated carbocycles. The van der Waals surface area contributed by atoms with Crippen molar-refractivity contribution in [1.82, 2.24) is 10.2 Å². The average molecular weight is 388 g/mol. The minimum Gasteiger partial charge on any atom is -0.490 e. The summed E-state index contributed by atoms with van der Waals surface area (Å²) in [7, 11) is 3.99. The third kappa shape index (κ3) is 6.69. The second-order valence-corrected chi connectivity index (χ2v) is 8.16. The summed E-state index contributed by atoms with van der Waals surface area (Å²) in [5, 5.41) is 3.50. The molecule has 0 spiro atoms. The Hall–Kier alpha value is -1.75. The minimum atomic E-state index is 0.424. The molecule has 0 bridgehead atoms. The molecule has 5 nitrogen and oxygen atoms in total. The van der Waals surface area contributed by atoms with Gasteiger partial charge in [0.25, 0.3) is 0 Å². The van der Waals surface area contributed by atoms with Crippen molar-refractivity contribution in [2.75, 3.05) is 40.4 Å². The van der Waals surface area contributed by atoms with Crippen LogP contribution in [0.15, 0.2) is 29.3 Å². The number of aliphatic imine (C=N–C) groups is 1. The van der Waals surface area contributed by atoms with Gasteiger partial charge < -0.3 is 19.7 Å². The first-order valence-corrected chi connectivity index (χ1v) is 11.0. The summed E-state index contributed by atoms with van der Waals surface area (Å²) >= 11 is 0. The molecule has 1 saturated heterocycles. The van der Waals surface area contributed by atoms with E-state index in [0.717, 1.165) is 50.4 Å². The van der Waals surface area contributed by atoms with Gasteiger partial charge in [0.05, 0.1) is 6.10 Å². The number of ether oxygens (including phenoxy) is 2. The second-order valence-electron chi connectivity index (χ2n) is 8.16. The van der Waals surface area contributed by atoms with Crippen LogP contribution in [0.1, 0.15) is 50.5 Å². The average Bonchev–Trinajstić information content (AvgIpc) is 3.24. The van der Waals surface area contributed by atoms with Crippen LogP contribution in [-0.4, -0.2) is 57.4 Å². The number of guanidine groups is 1. The van der Waals surface area contributed by atoms with Gasteiger partial charge >= 0.3 is 0 Å². The lowest BCUT2D eigenvalue weighted by atomic mass is 9.96. The molecule has 3 rings (SSSR count). The van der Waals surface area contributed by atoms with Crippen molar-refractivity contribution in [2.45, 2.75) is 57.5 Å². The fourth-order valence-electron chi connectivity index (χ4n) is 4.15. The van der Waals surface area contributed by atoms with Crippen LogP contribution in [0.5, 0.6) is 5.75 Å². The maximum atomic E-state index is 6.05. The standard InChI is InChI=1S/C23H37N3O2/c1-24-23(26(2)16-12-20-13-17-27-18-14-20)25-15-11-19-7-9-22(10-8-19)28-21-5-3-4-6-21/h7-10,20-21H,3-6,11-18H2,1-2H3,(H,24,25). The summed E-state index contributed by atoms with van der Waals surface area (Å²) < 4.78 is 11.5. The Balaban J connectivity index is 1.36. The predicted octanol–water partition coefficient (Wildman–Crippen LogP) is 3.87. The summed E-state index contributed by atoms with van der Waals surface area (Å²) in [6, 6.07) is 8.60. The molecule has 0 amide bonds. The lowest BCUT2D eigenvalue weighted by Crippen LogP contribution is -2.40. The molecule has 1 N–H and O–H groups in total. The monoisotopic (exact) mass is 387 g/mol. The molecule has 0 aromatic heterocycles. The van der Waals surface area contributed by atoms with Gasteiger partial charge in [0.1, 0.15) is 5.75 Å². The van der Waals surface area contributed by atoms with Gasteiger partial charge in [-0.1, -0.05) is 12.1 Å². The number of hydrogen-bond donors (Lipinski definition) is 1. The van der Waals surface area contributed by atoms with Gasteiger partial charge in [0, 0.05) is 40.4 Å². The zero-order chi connectivity index (χ0) is 19.6. The van der Waals surface area contributed by atoms with Gasteiger partial charge in [-0.25, -0.2) is 0 Å². The molecule has 0 unspecified atom stereocenters. The summed E-state index contributed by atoms with van der Waals surface area (Å²) in [5.74, 6) is 2.78. The van der Waals surface area contributed by atoms with Gasteiger partial charge in [0.2, 0.25) is 0 Å². The van der Waals surface area contributed by atoms with Crippen LogP contribution in [0.2, 0.25) is 0 Å². The number of rotatable bonds is 8. The SMILES string of the molecule is CN=C(NCCc1ccc(OC2CCCC2)cc1)N(C)CCC1CCOCC1. The lowest BCUT2D eigenvalue weighted by Gasteiger charge is -2.26. The number of benzene rings is 1. The molecular formula is C23H37N3O2. The second kappa shape index (κ2) is 11.3. The smallest absolute Gasteiger partial charge is 0.193 e. The molecule has 1 aromatic rings. The fraction of sp³-hybridized carbons (Fsp3) is 0.696. The van der Waals surface area contributed by atoms with Crippen LogP contribution in [0.3, 0.4) is 0 Å². The van der Waals surface area contributed by atoms with Gasteiger partial charge in [-0.15, -0.1) is 0 Å². The van der Waals surface area contributed by atoms with E-state index in [-0.39, 0.29) is 0 Å². The first-order valence-electron chi connectivity index (χ1n) is 11.0. The normalized spacial score (nSPS) is 19.0. The highest BCUT2D eigenvalue weighted by molar-refractivity contribution is 5.79. The number of nitrogens with zero attached hydrogens (tertiary/aromatic N) is 2. The first-order chi connectivity index (χ1) is 13.7. The first kappa shape index (κ1) is 21.0. The number of nitrogens with one attached hydrogen (secondary N) is 1. The summed E-state index contributed by atoms with van der Waals surface area (Å²) in [5.41, 5.74) is 1.33. The summed E-state index contributed by atoms with van der Waals surface area (Å²) in [6.07, 6.45) is 10.0. The fourth-order valence-corrected chi connectivity index (χ4v) is 4.15. The van der Waals surface area contributed by atoms with Crippen LogP contribution in [0.25, 0.3) is 0 Å². The minimum absolute atomic E-state index is 0.424. The van der Waals surface area contributed by atoms with Gasteiger partial charge in [-0.2, -0.15) is 0 Å². The van der Waals surface area contributed by atoms with Crippen molar-refractivity contribution < 1.29 is 9.47 Å². The molecule has 1 heterocycles. The van der Waals surface area contributed by atoms with E-state index in [1.54, 1.807) is 0 Å².